The maximum Gasteiger partial charge on any atom is 0.250 e. The molecule has 2 aromatic carbocycles. The Labute approximate surface area is 179 Å². The molecule has 5 heteroatoms. The third-order valence-electron chi connectivity index (χ3n) is 6.36. The molecule has 0 spiro atoms. The molecule has 2 amide bonds. The van der Waals surface area contributed by atoms with Gasteiger partial charge in [-0.15, -0.1) is 0 Å². The predicted molar refractivity (Wildman–Crippen MR) is 118 cm³/mol. The van der Waals surface area contributed by atoms with Gasteiger partial charge in [-0.2, -0.15) is 0 Å². The highest BCUT2D eigenvalue weighted by Crippen LogP contribution is 2.28. The van der Waals surface area contributed by atoms with Gasteiger partial charge in [-0.05, 0) is 36.5 Å². The average molecular weight is 406 g/mol. The lowest BCUT2D eigenvalue weighted by Crippen LogP contribution is -2.53. The molecule has 2 saturated heterocycles. The first-order valence-corrected chi connectivity index (χ1v) is 11.0. The van der Waals surface area contributed by atoms with Crippen LogP contribution in [0.5, 0.6) is 0 Å². The summed E-state index contributed by atoms with van der Waals surface area (Å²) in [5, 5.41) is 0. The quantitative estimate of drug-likeness (QED) is 0.766. The minimum Gasteiger partial charge on any atom is -0.338 e. The molecule has 2 aliphatic heterocycles. The molecule has 1 atom stereocenters. The van der Waals surface area contributed by atoms with E-state index in [1.165, 1.54) is 11.1 Å². The van der Waals surface area contributed by atoms with Crippen molar-refractivity contribution in [1.82, 2.24) is 14.7 Å². The standard InChI is InChI=1S/C25H31N3O2/c1-20-9-5-6-12-22(20)19-26-15-17-27(18-16-26)25(30)24(21-10-3-2-4-11-21)28-14-8-7-13-23(28)29/h2-6,9-12,24H,7-8,13-19H2,1H3. The van der Waals surface area contributed by atoms with Crippen molar-refractivity contribution in [2.45, 2.75) is 38.8 Å². The summed E-state index contributed by atoms with van der Waals surface area (Å²) in [7, 11) is 0. The molecule has 2 aromatic rings. The van der Waals surface area contributed by atoms with Gasteiger partial charge in [-0.3, -0.25) is 14.5 Å². The van der Waals surface area contributed by atoms with Crippen LogP contribution in [0.25, 0.3) is 0 Å². The molecule has 2 heterocycles. The normalized spacial score (nSPS) is 19.0. The van der Waals surface area contributed by atoms with Crippen molar-refractivity contribution in [1.29, 1.82) is 0 Å². The van der Waals surface area contributed by atoms with E-state index < -0.39 is 6.04 Å². The number of likely N-dealkylation sites (tertiary alicyclic amines) is 1. The van der Waals surface area contributed by atoms with Gasteiger partial charge in [0.1, 0.15) is 6.04 Å². The van der Waals surface area contributed by atoms with Gasteiger partial charge in [0, 0.05) is 45.7 Å². The molecular formula is C25H31N3O2. The maximum atomic E-state index is 13.6. The first-order chi connectivity index (χ1) is 14.6. The summed E-state index contributed by atoms with van der Waals surface area (Å²) in [6, 6.07) is 17.8. The van der Waals surface area contributed by atoms with E-state index in [0.717, 1.165) is 38.0 Å². The molecule has 1 unspecified atom stereocenters. The molecule has 0 radical (unpaired) electrons. The van der Waals surface area contributed by atoms with E-state index in [2.05, 4.69) is 36.1 Å². The fraction of sp³-hybridized carbons (Fsp3) is 0.440. The van der Waals surface area contributed by atoms with E-state index in [9.17, 15) is 9.59 Å². The van der Waals surface area contributed by atoms with Crippen LogP contribution < -0.4 is 0 Å². The van der Waals surface area contributed by atoms with Crippen LogP contribution in [0.4, 0.5) is 0 Å². The minimum absolute atomic E-state index is 0.0620. The topological polar surface area (TPSA) is 43.9 Å². The van der Waals surface area contributed by atoms with Crippen molar-refractivity contribution in [2.75, 3.05) is 32.7 Å². The number of carbonyl (C=O) groups excluding carboxylic acids is 2. The molecule has 4 rings (SSSR count). The molecule has 2 fully saturated rings. The summed E-state index contributed by atoms with van der Waals surface area (Å²) < 4.78 is 0. The highest BCUT2D eigenvalue weighted by molar-refractivity contribution is 5.89. The molecule has 5 nitrogen and oxygen atoms in total. The molecule has 30 heavy (non-hydrogen) atoms. The summed E-state index contributed by atoms with van der Waals surface area (Å²) >= 11 is 0. The molecule has 158 valence electrons. The van der Waals surface area contributed by atoms with E-state index in [1.807, 2.05) is 35.2 Å². The van der Waals surface area contributed by atoms with Crippen LogP contribution in [0.1, 0.15) is 42.0 Å². The van der Waals surface area contributed by atoms with Gasteiger partial charge in [0.25, 0.3) is 0 Å². The van der Waals surface area contributed by atoms with Gasteiger partial charge in [0.15, 0.2) is 0 Å². The van der Waals surface area contributed by atoms with Crippen molar-refractivity contribution in [3.63, 3.8) is 0 Å². The lowest BCUT2D eigenvalue weighted by molar-refractivity contribution is -0.148. The first kappa shape index (κ1) is 20.6. The van der Waals surface area contributed by atoms with E-state index in [-0.39, 0.29) is 11.8 Å². The zero-order valence-electron chi connectivity index (χ0n) is 17.8. The number of amides is 2. The van der Waals surface area contributed by atoms with Crippen molar-refractivity contribution in [3.8, 4) is 0 Å². The Kier molecular flexibility index (Phi) is 6.48. The lowest BCUT2D eigenvalue weighted by atomic mass is 9.99. The second-order valence-corrected chi connectivity index (χ2v) is 8.39. The maximum absolute atomic E-state index is 13.6. The van der Waals surface area contributed by atoms with Gasteiger partial charge in [0.05, 0.1) is 0 Å². The largest absolute Gasteiger partial charge is 0.338 e. The number of piperidine rings is 1. The van der Waals surface area contributed by atoms with Gasteiger partial charge in [-0.1, -0.05) is 54.6 Å². The van der Waals surface area contributed by atoms with Crippen molar-refractivity contribution < 1.29 is 9.59 Å². The van der Waals surface area contributed by atoms with Crippen LogP contribution in [0.2, 0.25) is 0 Å². The van der Waals surface area contributed by atoms with Crippen LogP contribution in [0, 0.1) is 6.92 Å². The highest BCUT2D eigenvalue weighted by Gasteiger charge is 2.36. The molecule has 0 aromatic heterocycles. The number of hydrogen-bond donors (Lipinski definition) is 0. The highest BCUT2D eigenvalue weighted by atomic mass is 16.2. The summed E-state index contributed by atoms with van der Waals surface area (Å²) in [6.07, 6.45) is 2.43. The Bertz CT molecular complexity index is 875. The third kappa shape index (κ3) is 4.57. The Hall–Kier alpha value is -2.66. The number of hydrogen-bond acceptors (Lipinski definition) is 3. The number of nitrogens with zero attached hydrogens (tertiary/aromatic N) is 3. The Morgan fingerprint density at radius 1 is 0.900 bits per heavy atom. The molecule has 0 saturated carbocycles. The minimum atomic E-state index is -0.498. The van der Waals surface area contributed by atoms with Crippen LogP contribution in [-0.4, -0.2) is 59.2 Å². The molecule has 0 N–H and O–H groups in total. The van der Waals surface area contributed by atoms with Crippen LogP contribution in [0.15, 0.2) is 54.6 Å². The fourth-order valence-electron chi connectivity index (χ4n) is 4.52. The Balaban J connectivity index is 1.45. The molecule has 0 bridgehead atoms. The summed E-state index contributed by atoms with van der Waals surface area (Å²) in [5.74, 6) is 0.161. The summed E-state index contributed by atoms with van der Waals surface area (Å²) in [6.45, 7) is 6.85. The number of aryl methyl sites for hydroxylation is 1. The molecule has 0 aliphatic carbocycles. The Morgan fingerprint density at radius 3 is 2.30 bits per heavy atom. The zero-order valence-corrected chi connectivity index (χ0v) is 17.8. The van der Waals surface area contributed by atoms with Gasteiger partial charge < -0.3 is 9.80 Å². The number of rotatable bonds is 5. The summed E-state index contributed by atoms with van der Waals surface area (Å²) in [5.41, 5.74) is 3.57. The van der Waals surface area contributed by atoms with Gasteiger partial charge >= 0.3 is 0 Å². The van der Waals surface area contributed by atoms with Crippen molar-refractivity contribution in [3.05, 3.63) is 71.3 Å². The lowest BCUT2D eigenvalue weighted by Gasteiger charge is -2.40. The second kappa shape index (κ2) is 9.43. The third-order valence-corrected chi connectivity index (χ3v) is 6.36. The van der Waals surface area contributed by atoms with Crippen LogP contribution >= 0.6 is 0 Å². The SMILES string of the molecule is Cc1ccccc1CN1CCN(C(=O)C(c2ccccc2)N2CCCCC2=O)CC1. The van der Waals surface area contributed by atoms with Gasteiger partial charge in [0.2, 0.25) is 11.8 Å². The molecule has 2 aliphatic rings. The van der Waals surface area contributed by atoms with E-state index in [1.54, 1.807) is 4.90 Å². The van der Waals surface area contributed by atoms with E-state index >= 15 is 0 Å². The average Bonchev–Trinajstić information content (AvgIpc) is 2.78. The number of carbonyl (C=O) groups is 2. The van der Waals surface area contributed by atoms with Crippen molar-refractivity contribution in [2.24, 2.45) is 0 Å². The first-order valence-electron chi connectivity index (χ1n) is 11.0. The number of piperazine rings is 1. The zero-order chi connectivity index (χ0) is 20.9. The molecular weight excluding hydrogens is 374 g/mol. The fourth-order valence-corrected chi connectivity index (χ4v) is 4.52. The smallest absolute Gasteiger partial charge is 0.250 e. The van der Waals surface area contributed by atoms with Crippen molar-refractivity contribution >= 4 is 11.8 Å². The summed E-state index contributed by atoms with van der Waals surface area (Å²) in [4.78, 5) is 32.4. The van der Waals surface area contributed by atoms with Crippen LogP contribution in [0.3, 0.4) is 0 Å². The second-order valence-electron chi connectivity index (χ2n) is 8.39. The predicted octanol–water partition coefficient (Wildman–Crippen LogP) is 3.39. The monoisotopic (exact) mass is 405 g/mol. The Morgan fingerprint density at radius 2 is 1.60 bits per heavy atom. The van der Waals surface area contributed by atoms with Crippen LogP contribution in [-0.2, 0) is 16.1 Å². The number of benzene rings is 2. The van der Waals surface area contributed by atoms with E-state index in [4.69, 9.17) is 0 Å². The van der Waals surface area contributed by atoms with Gasteiger partial charge in [-0.25, -0.2) is 0 Å². The van der Waals surface area contributed by atoms with E-state index in [0.29, 0.717) is 26.1 Å².